The van der Waals surface area contributed by atoms with E-state index in [-0.39, 0.29) is 5.91 Å². The highest BCUT2D eigenvalue weighted by molar-refractivity contribution is 9.10. The fourth-order valence-electron chi connectivity index (χ4n) is 1.71. The molecule has 1 fully saturated rings. The summed E-state index contributed by atoms with van der Waals surface area (Å²) < 4.78 is -0.446. The quantitative estimate of drug-likeness (QED) is 0.795. The topological polar surface area (TPSA) is 32.3 Å². The van der Waals surface area contributed by atoms with Gasteiger partial charge in [0.05, 0.1) is 4.32 Å². The molecule has 15 heavy (non-hydrogen) atoms. The lowest BCUT2D eigenvalue weighted by Gasteiger charge is -2.29. The van der Waals surface area contributed by atoms with Gasteiger partial charge in [0.25, 0.3) is 0 Å². The Morgan fingerprint density at radius 2 is 2.00 bits per heavy atom. The number of carbonyl (C=O) groups excluding carboxylic acids is 1. The molecular weight excluding hydrogens is 256 g/mol. The molecular formula is C11H21BrN2O. The third-order valence-corrected chi connectivity index (χ3v) is 3.29. The van der Waals surface area contributed by atoms with Crippen molar-refractivity contribution in [3.8, 4) is 0 Å². The number of rotatable bonds is 3. The first-order valence-electron chi connectivity index (χ1n) is 5.55. The molecule has 88 valence electrons. The summed E-state index contributed by atoms with van der Waals surface area (Å²) >= 11 is 3.36. The Labute approximate surface area is 101 Å². The minimum absolute atomic E-state index is 0.0847. The molecule has 1 saturated heterocycles. The summed E-state index contributed by atoms with van der Waals surface area (Å²) in [5, 5.41) is 3.00. The Bertz CT molecular complexity index is 217. The Balaban J connectivity index is 2.23. The molecule has 1 amide bonds. The van der Waals surface area contributed by atoms with Gasteiger partial charge in [-0.05, 0) is 52.7 Å². The van der Waals surface area contributed by atoms with E-state index < -0.39 is 4.32 Å². The van der Waals surface area contributed by atoms with Gasteiger partial charge in [-0.15, -0.1) is 0 Å². The van der Waals surface area contributed by atoms with Gasteiger partial charge in [-0.3, -0.25) is 4.79 Å². The number of amides is 1. The third-order valence-electron chi connectivity index (χ3n) is 2.93. The minimum atomic E-state index is -0.446. The first-order chi connectivity index (χ1) is 6.89. The SMILES string of the molecule is CN1CCC(CNC(=O)C(C)(C)Br)CC1. The predicted octanol–water partition coefficient (Wildman–Crippen LogP) is 1.62. The van der Waals surface area contributed by atoms with E-state index in [2.05, 4.69) is 33.2 Å². The van der Waals surface area contributed by atoms with Crippen molar-refractivity contribution < 1.29 is 4.79 Å². The van der Waals surface area contributed by atoms with Crippen LogP contribution in [-0.2, 0) is 4.79 Å². The highest BCUT2D eigenvalue weighted by Crippen LogP contribution is 2.17. The number of carbonyl (C=O) groups is 1. The summed E-state index contributed by atoms with van der Waals surface area (Å²) in [7, 11) is 2.15. The van der Waals surface area contributed by atoms with Gasteiger partial charge < -0.3 is 10.2 Å². The summed E-state index contributed by atoms with van der Waals surface area (Å²) in [6.07, 6.45) is 2.39. The van der Waals surface area contributed by atoms with Crippen molar-refractivity contribution in [2.24, 2.45) is 5.92 Å². The monoisotopic (exact) mass is 276 g/mol. The number of hydrogen-bond acceptors (Lipinski definition) is 2. The van der Waals surface area contributed by atoms with Crippen molar-refractivity contribution in [3.63, 3.8) is 0 Å². The molecule has 0 radical (unpaired) electrons. The number of hydrogen-bond donors (Lipinski definition) is 1. The van der Waals surface area contributed by atoms with E-state index in [9.17, 15) is 4.79 Å². The summed E-state index contributed by atoms with van der Waals surface area (Å²) in [6.45, 7) is 6.87. The van der Waals surface area contributed by atoms with E-state index in [4.69, 9.17) is 0 Å². The van der Waals surface area contributed by atoms with Crippen LogP contribution in [0.4, 0.5) is 0 Å². The number of piperidine rings is 1. The number of likely N-dealkylation sites (tertiary alicyclic amines) is 1. The molecule has 0 spiro atoms. The van der Waals surface area contributed by atoms with Gasteiger partial charge in [-0.2, -0.15) is 0 Å². The van der Waals surface area contributed by atoms with E-state index in [0.717, 1.165) is 19.6 Å². The van der Waals surface area contributed by atoms with Gasteiger partial charge in [0.15, 0.2) is 0 Å². The fourth-order valence-corrected chi connectivity index (χ4v) is 1.85. The van der Waals surface area contributed by atoms with Crippen LogP contribution in [0.5, 0.6) is 0 Å². The third kappa shape index (κ3) is 4.51. The van der Waals surface area contributed by atoms with Crippen LogP contribution in [0, 0.1) is 5.92 Å². The second-order valence-electron chi connectivity index (χ2n) is 4.93. The molecule has 0 aromatic rings. The highest BCUT2D eigenvalue weighted by Gasteiger charge is 2.24. The van der Waals surface area contributed by atoms with E-state index in [1.54, 1.807) is 0 Å². The summed E-state index contributed by atoms with van der Waals surface area (Å²) in [4.78, 5) is 13.9. The lowest BCUT2D eigenvalue weighted by atomic mass is 9.97. The van der Waals surface area contributed by atoms with Crippen LogP contribution >= 0.6 is 15.9 Å². The highest BCUT2D eigenvalue weighted by atomic mass is 79.9. The van der Waals surface area contributed by atoms with Gasteiger partial charge >= 0.3 is 0 Å². The van der Waals surface area contributed by atoms with Crippen LogP contribution < -0.4 is 5.32 Å². The number of nitrogens with zero attached hydrogens (tertiary/aromatic N) is 1. The molecule has 1 rings (SSSR count). The molecule has 1 aliphatic rings. The second-order valence-corrected chi connectivity index (χ2v) is 6.91. The first kappa shape index (κ1) is 13.0. The average molecular weight is 277 g/mol. The molecule has 0 bridgehead atoms. The minimum Gasteiger partial charge on any atom is -0.355 e. The van der Waals surface area contributed by atoms with Crippen molar-refractivity contribution in [1.82, 2.24) is 10.2 Å². The van der Waals surface area contributed by atoms with Crippen LogP contribution in [0.25, 0.3) is 0 Å². The van der Waals surface area contributed by atoms with Gasteiger partial charge in [0, 0.05) is 6.54 Å². The molecule has 0 aromatic heterocycles. The van der Waals surface area contributed by atoms with Crippen LogP contribution in [0.2, 0.25) is 0 Å². The van der Waals surface area contributed by atoms with Gasteiger partial charge in [0.2, 0.25) is 5.91 Å². The van der Waals surface area contributed by atoms with E-state index in [1.165, 1.54) is 12.8 Å². The van der Waals surface area contributed by atoms with Gasteiger partial charge in [-0.1, -0.05) is 15.9 Å². The molecule has 0 unspecified atom stereocenters. The average Bonchev–Trinajstić information content (AvgIpc) is 2.15. The Hall–Kier alpha value is -0.0900. The molecule has 0 atom stereocenters. The summed E-state index contributed by atoms with van der Waals surface area (Å²) in [5.41, 5.74) is 0. The van der Waals surface area contributed by atoms with Crippen LogP contribution in [0.1, 0.15) is 26.7 Å². The largest absolute Gasteiger partial charge is 0.355 e. The maximum absolute atomic E-state index is 11.6. The van der Waals surface area contributed by atoms with Crippen LogP contribution in [-0.4, -0.2) is 41.8 Å². The lowest BCUT2D eigenvalue weighted by molar-refractivity contribution is -0.122. The zero-order valence-electron chi connectivity index (χ0n) is 9.85. The van der Waals surface area contributed by atoms with Crippen molar-refractivity contribution in [2.45, 2.75) is 31.0 Å². The molecule has 1 aliphatic heterocycles. The van der Waals surface area contributed by atoms with Crippen molar-refractivity contribution in [2.75, 3.05) is 26.7 Å². The lowest BCUT2D eigenvalue weighted by Crippen LogP contribution is -2.42. The van der Waals surface area contributed by atoms with Crippen molar-refractivity contribution >= 4 is 21.8 Å². The summed E-state index contributed by atoms with van der Waals surface area (Å²) in [6, 6.07) is 0. The molecule has 3 nitrogen and oxygen atoms in total. The number of halogens is 1. The Morgan fingerprint density at radius 3 is 2.47 bits per heavy atom. The smallest absolute Gasteiger partial charge is 0.236 e. The normalized spacial score (nSPS) is 20.3. The van der Waals surface area contributed by atoms with Crippen LogP contribution in [0.15, 0.2) is 0 Å². The van der Waals surface area contributed by atoms with E-state index in [1.807, 2.05) is 13.8 Å². The molecule has 0 aromatic carbocycles. The van der Waals surface area contributed by atoms with Gasteiger partial charge in [-0.25, -0.2) is 0 Å². The molecule has 1 N–H and O–H groups in total. The standard InChI is InChI=1S/C11H21BrN2O/c1-11(2,12)10(15)13-8-9-4-6-14(3)7-5-9/h9H,4-8H2,1-3H3,(H,13,15). The summed E-state index contributed by atoms with van der Waals surface area (Å²) in [5.74, 6) is 0.737. The second kappa shape index (κ2) is 5.30. The van der Waals surface area contributed by atoms with Gasteiger partial charge in [0.1, 0.15) is 0 Å². The van der Waals surface area contributed by atoms with Crippen LogP contribution in [0.3, 0.4) is 0 Å². The van der Waals surface area contributed by atoms with Crippen molar-refractivity contribution in [1.29, 1.82) is 0 Å². The first-order valence-corrected chi connectivity index (χ1v) is 6.34. The maximum Gasteiger partial charge on any atom is 0.236 e. The zero-order valence-corrected chi connectivity index (χ0v) is 11.4. The number of alkyl halides is 1. The maximum atomic E-state index is 11.6. The molecule has 4 heteroatoms. The fraction of sp³-hybridized carbons (Fsp3) is 0.909. The predicted molar refractivity (Wildman–Crippen MR) is 66.2 cm³/mol. The molecule has 0 aliphatic carbocycles. The van der Waals surface area contributed by atoms with Crippen molar-refractivity contribution in [3.05, 3.63) is 0 Å². The van der Waals surface area contributed by atoms with E-state index in [0.29, 0.717) is 5.92 Å². The molecule has 1 heterocycles. The molecule has 0 saturated carbocycles. The van der Waals surface area contributed by atoms with E-state index >= 15 is 0 Å². The Morgan fingerprint density at radius 1 is 1.47 bits per heavy atom. The zero-order chi connectivity index (χ0) is 11.5. The number of nitrogens with one attached hydrogen (secondary N) is 1. The Kier molecular flexibility index (Phi) is 4.59.